The molecule has 0 unspecified atom stereocenters. The van der Waals surface area contributed by atoms with Crippen LogP contribution in [0.5, 0.6) is 0 Å². The van der Waals surface area contributed by atoms with Crippen LogP contribution in [0.3, 0.4) is 0 Å². The van der Waals surface area contributed by atoms with Crippen molar-refractivity contribution in [1.82, 2.24) is 5.43 Å². The van der Waals surface area contributed by atoms with Crippen LogP contribution in [-0.2, 0) is 4.74 Å². The van der Waals surface area contributed by atoms with Gasteiger partial charge in [-0.2, -0.15) is 5.10 Å². The minimum Gasteiger partial charge on any atom is -0.443 e. The van der Waals surface area contributed by atoms with Crippen LogP contribution in [0.4, 0.5) is 4.79 Å². The molecule has 92 valence electrons. The lowest BCUT2D eigenvalue weighted by Crippen LogP contribution is -2.29. The average Bonchev–Trinajstić information content (AvgIpc) is 2.18. The zero-order valence-corrected chi connectivity index (χ0v) is 10.7. The van der Waals surface area contributed by atoms with Gasteiger partial charge in [-0.15, -0.1) is 0 Å². The quantitative estimate of drug-likeness (QED) is 0.632. The summed E-state index contributed by atoms with van der Waals surface area (Å²) in [5.41, 5.74) is 3.87. The minimum absolute atomic E-state index is 0.512. The molecule has 17 heavy (non-hydrogen) atoms. The van der Waals surface area contributed by atoms with Crippen molar-refractivity contribution in [3.63, 3.8) is 0 Å². The molecule has 0 radical (unpaired) electrons. The number of hydrogen-bond acceptors (Lipinski definition) is 3. The van der Waals surface area contributed by atoms with Gasteiger partial charge in [0.1, 0.15) is 5.60 Å². The van der Waals surface area contributed by atoms with Crippen molar-refractivity contribution >= 4 is 12.3 Å². The Morgan fingerprint density at radius 3 is 2.59 bits per heavy atom. The van der Waals surface area contributed by atoms with E-state index in [-0.39, 0.29) is 0 Å². The maximum absolute atomic E-state index is 11.3. The number of rotatable bonds is 2. The van der Waals surface area contributed by atoms with Gasteiger partial charge in [0, 0.05) is 0 Å². The van der Waals surface area contributed by atoms with E-state index < -0.39 is 11.7 Å². The van der Waals surface area contributed by atoms with Crippen LogP contribution in [0.25, 0.3) is 0 Å². The first-order chi connectivity index (χ1) is 7.88. The fourth-order valence-electron chi connectivity index (χ4n) is 1.19. The van der Waals surface area contributed by atoms with E-state index in [1.54, 1.807) is 27.0 Å². The molecule has 0 heterocycles. The van der Waals surface area contributed by atoms with Gasteiger partial charge in [0.2, 0.25) is 0 Å². The maximum atomic E-state index is 11.3. The normalized spacial score (nSPS) is 11.5. The molecule has 0 aliphatic rings. The van der Waals surface area contributed by atoms with Gasteiger partial charge in [-0.1, -0.05) is 24.3 Å². The summed E-state index contributed by atoms with van der Waals surface area (Å²) in [6.45, 7) is 7.39. The second kappa shape index (κ2) is 5.48. The minimum atomic E-state index is -0.553. The van der Waals surface area contributed by atoms with Gasteiger partial charge in [-0.05, 0) is 38.8 Å². The van der Waals surface area contributed by atoms with E-state index in [2.05, 4.69) is 10.5 Å². The largest absolute Gasteiger partial charge is 0.443 e. The molecule has 1 N–H and O–H groups in total. The molecule has 4 heteroatoms. The van der Waals surface area contributed by atoms with Gasteiger partial charge in [-0.3, -0.25) is 0 Å². The Kier molecular flexibility index (Phi) is 4.26. The smallest absolute Gasteiger partial charge is 0.428 e. The van der Waals surface area contributed by atoms with E-state index in [9.17, 15) is 4.79 Å². The van der Waals surface area contributed by atoms with E-state index in [4.69, 9.17) is 4.74 Å². The summed E-state index contributed by atoms with van der Waals surface area (Å²) in [6, 6.07) is 7.78. The highest BCUT2D eigenvalue weighted by Gasteiger charge is 2.15. The first-order valence-electron chi connectivity index (χ1n) is 5.46. The molecular weight excluding hydrogens is 216 g/mol. The molecule has 0 saturated carbocycles. The molecule has 0 saturated heterocycles. The lowest BCUT2D eigenvalue weighted by molar-refractivity contribution is 0.0529. The van der Waals surface area contributed by atoms with Crippen molar-refractivity contribution in [2.45, 2.75) is 33.3 Å². The van der Waals surface area contributed by atoms with Crippen molar-refractivity contribution in [3.8, 4) is 0 Å². The van der Waals surface area contributed by atoms with Gasteiger partial charge in [-0.25, -0.2) is 10.2 Å². The SMILES string of the molecule is Cc1ccccc1/C=N/NC(=O)OC(C)(C)C. The van der Waals surface area contributed by atoms with Crippen LogP contribution in [0.1, 0.15) is 31.9 Å². The third kappa shape index (κ3) is 5.15. The summed E-state index contributed by atoms with van der Waals surface area (Å²) in [5, 5.41) is 3.84. The first-order valence-corrected chi connectivity index (χ1v) is 5.46. The van der Waals surface area contributed by atoms with E-state index in [1.165, 1.54) is 0 Å². The molecule has 0 bridgehead atoms. The monoisotopic (exact) mass is 234 g/mol. The predicted octanol–water partition coefficient (Wildman–Crippen LogP) is 2.85. The molecule has 1 amide bonds. The molecule has 4 nitrogen and oxygen atoms in total. The Balaban J connectivity index is 2.51. The molecule has 1 aromatic carbocycles. The number of ether oxygens (including phenoxy) is 1. The number of hydrazone groups is 1. The second-order valence-electron chi connectivity index (χ2n) is 4.73. The van der Waals surface area contributed by atoms with Crippen LogP contribution in [-0.4, -0.2) is 17.9 Å². The highest BCUT2D eigenvalue weighted by atomic mass is 16.6. The number of nitrogens with zero attached hydrogens (tertiary/aromatic N) is 1. The summed E-state index contributed by atoms with van der Waals surface area (Å²) >= 11 is 0. The molecule has 0 aromatic heterocycles. The molecule has 1 aromatic rings. The lowest BCUT2D eigenvalue weighted by Gasteiger charge is -2.18. The number of benzene rings is 1. The molecule has 0 fully saturated rings. The summed E-state index contributed by atoms with van der Waals surface area (Å²) in [7, 11) is 0. The second-order valence-corrected chi connectivity index (χ2v) is 4.73. The van der Waals surface area contributed by atoms with Gasteiger partial charge in [0.05, 0.1) is 6.21 Å². The zero-order valence-electron chi connectivity index (χ0n) is 10.7. The van der Waals surface area contributed by atoms with E-state index in [1.807, 2.05) is 31.2 Å². The molecule has 0 spiro atoms. The van der Waals surface area contributed by atoms with Crippen molar-refractivity contribution in [2.24, 2.45) is 5.10 Å². The van der Waals surface area contributed by atoms with Gasteiger partial charge in [0.15, 0.2) is 0 Å². The molecule has 1 rings (SSSR count). The Hall–Kier alpha value is -1.84. The van der Waals surface area contributed by atoms with Crippen LogP contribution < -0.4 is 5.43 Å². The maximum Gasteiger partial charge on any atom is 0.428 e. The summed E-state index contributed by atoms with van der Waals surface area (Å²) < 4.78 is 5.04. The molecule has 0 aliphatic heterocycles. The summed E-state index contributed by atoms with van der Waals surface area (Å²) in [4.78, 5) is 11.3. The molecule has 0 aliphatic carbocycles. The van der Waals surface area contributed by atoms with Crippen molar-refractivity contribution in [2.75, 3.05) is 0 Å². The zero-order chi connectivity index (χ0) is 12.9. The van der Waals surface area contributed by atoms with Crippen molar-refractivity contribution < 1.29 is 9.53 Å². The first kappa shape index (κ1) is 13.2. The third-order valence-corrected chi connectivity index (χ3v) is 1.95. The number of hydrogen-bond donors (Lipinski definition) is 1. The number of amides is 1. The fraction of sp³-hybridized carbons (Fsp3) is 0.385. The van der Waals surface area contributed by atoms with Gasteiger partial charge in [0.25, 0.3) is 0 Å². The average molecular weight is 234 g/mol. The Morgan fingerprint density at radius 2 is 2.00 bits per heavy atom. The highest BCUT2D eigenvalue weighted by Crippen LogP contribution is 2.06. The van der Waals surface area contributed by atoms with Gasteiger partial charge < -0.3 is 4.74 Å². The van der Waals surface area contributed by atoms with Gasteiger partial charge >= 0.3 is 6.09 Å². The topological polar surface area (TPSA) is 50.7 Å². The standard InChI is InChI=1S/C13H18N2O2/c1-10-7-5-6-8-11(10)9-14-15-12(16)17-13(2,3)4/h5-9H,1-4H3,(H,15,16)/b14-9+. The predicted molar refractivity (Wildman–Crippen MR) is 68.1 cm³/mol. The van der Waals surface area contributed by atoms with E-state index in [0.717, 1.165) is 11.1 Å². The van der Waals surface area contributed by atoms with Crippen LogP contribution in [0.15, 0.2) is 29.4 Å². The molecule has 0 atom stereocenters. The Labute approximate surface area is 102 Å². The van der Waals surface area contributed by atoms with E-state index >= 15 is 0 Å². The summed E-state index contributed by atoms with van der Waals surface area (Å²) in [5.74, 6) is 0. The van der Waals surface area contributed by atoms with E-state index in [0.29, 0.717) is 0 Å². The number of carbonyl (C=O) groups excluding carboxylic acids is 1. The number of aryl methyl sites for hydroxylation is 1. The highest BCUT2D eigenvalue weighted by molar-refractivity contribution is 5.82. The Morgan fingerprint density at radius 1 is 1.35 bits per heavy atom. The lowest BCUT2D eigenvalue weighted by atomic mass is 10.1. The van der Waals surface area contributed by atoms with Crippen molar-refractivity contribution in [3.05, 3.63) is 35.4 Å². The van der Waals surface area contributed by atoms with Crippen LogP contribution in [0, 0.1) is 6.92 Å². The summed E-state index contributed by atoms with van der Waals surface area (Å²) in [6.07, 6.45) is 1.04. The van der Waals surface area contributed by atoms with Crippen LogP contribution >= 0.6 is 0 Å². The third-order valence-electron chi connectivity index (χ3n) is 1.95. The Bertz CT molecular complexity index is 420. The number of carbonyl (C=O) groups is 1. The van der Waals surface area contributed by atoms with Crippen LogP contribution in [0.2, 0.25) is 0 Å². The molecular formula is C13H18N2O2. The van der Waals surface area contributed by atoms with Crippen molar-refractivity contribution in [1.29, 1.82) is 0 Å². The number of nitrogens with one attached hydrogen (secondary N) is 1. The fourth-order valence-corrected chi connectivity index (χ4v) is 1.19.